The first-order chi connectivity index (χ1) is 12.1. The molecule has 148 valence electrons. The topological polar surface area (TPSA) is 89.8 Å². The summed E-state index contributed by atoms with van der Waals surface area (Å²) in [5.74, 6) is -0.0592. The molecule has 0 radical (unpaired) electrons. The van der Waals surface area contributed by atoms with E-state index in [1.54, 1.807) is 6.07 Å². The average Bonchev–Trinajstić information content (AvgIpc) is 2.58. The number of hydrogen-bond acceptors (Lipinski definition) is 6. The van der Waals surface area contributed by atoms with E-state index in [-0.39, 0.29) is 23.6 Å². The van der Waals surface area contributed by atoms with Gasteiger partial charge in [-0.2, -0.15) is 8.42 Å². The van der Waals surface area contributed by atoms with Gasteiger partial charge in [-0.1, -0.05) is 45.5 Å². The lowest BCUT2D eigenvalue weighted by atomic mass is 10.2. The molecule has 0 unspecified atom stereocenters. The summed E-state index contributed by atoms with van der Waals surface area (Å²) < 4.78 is 31.6. The molecule has 0 aliphatic carbocycles. The molecular weight excluding hydrogens is 372 g/mol. The van der Waals surface area contributed by atoms with Crippen molar-refractivity contribution in [2.24, 2.45) is 0 Å². The monoisotopic (exact) mass is 402 g/mol. The smallest absolute Gasteiger partial charge is 0.274 e. The third-order valence-corrected chi connectivity index (χ3v) is 9.82. The van der Waals surface area contributed by atoms with Gasteiger partial charge in [0.05, 0.1) is 22.8 Å². The van der Waals surface area contributed by atoms with Gasteiger partial charge in [0.25, 0.3) is 15.8 Å². The highest BCUT2D eigenvalue weighted by atomic mass is 32.2. The van der Waals surface area contributed by atoms with Gasteiger partial charge in [0.2, 0.25) is 0 Å². The number of para-hydroxylation sites is 1. The van der Waals surface area contributed by atoms with Gasteiger partial charge < -0.3 is 4.57 Å². The zero-order valence-electron chi connectivity index (χ0n) is 16.1. The van der Waals surface area contributed by atoms with Gasteiger partial charge in [0.1, 0.15) is 8.24 Å². The minimum absolute atomic E-state index is 0.0592. The number of benzene rings is 1. The van der Waals surface area contributed by atoms with Crippen LogP contribution in [0.15, 0.2) is 24.3 Å². The molecule has 0 heterocycles. The van der Waals surface area contributed by atoms with Gasteiger partial charge in [-0.3, -0.25) is 14.3 Å². The molecule has 0 amide bonds. The van der Waals surface area contributed by atoms with Crippen LogP contribution >= 0.6 is 0 Å². The van der Waals surface area contributed by atoms with Crippen LogP contribution in [0.5, 0.6) is 0 Å². The molecule has 7 nitrogen and oxygen atoms in total. The van der Waals surface area contributed by atoms with Crippen LogP contribution in [0.4, 0.5) is 5.69 Å². The second kappa shape index (κ2) is 10.1. The highest BCUT2D eigenvalue weighted by molar-refractivity contribution is 7.86. The zero-order chi connectivity index (χ0) is 19.8. The lowest BCUT2D eigenvalue weighted by Crippen LogP contribution is -2.48. The summed E-state index contributed by atoms with van der Waals surface area (Å²) >= 11 is 0. The Bertz CT molecular complexity index is 690. The highest BCUT2D eigenvalue weighted by Crippen LogP contribution is 2.21. The maximum Gasteiger partial charge on any atom is 0.274 e. The highest BCUT2D eigenvalue weighted by Gasteiger charge is 2.26. The molecule has 0 saturated carbocycles. The summed E-state index contributed by atoms with van der Waals surface area (Å²) in [6, 6.07) is 7.04. The van der Waals surface area contributed by atoms with Crippen LogP contribution in [0.1, 0.15) is 32.3 Å². The predicted octanol–water partition coefficient (Wildman–Crippen LogP) is 3.77. The second-order valence-electron chi connectivity index (χ2n) is 6.85. The van der Waals surface area contributed by atoms with Crippen LogP contribution in [0.2, 0.25) is 19.1 Å². The van der Waals surface area contributed by atoms with E-state index in [9.17, 15) is 18.5 Å². The fourth-order valence-electron chi connectivity index (χ4n) is 3.10. The van der Waals surface area contributed by atoms with Gasteiger partial charge in [-0.15, -0.1) is 0 Å². The molecule has 0 aliphatic rings. The minimum atomic E-state index is -3.69. The molecule has 1 aromatic carbocycles. The van der Waals surface area contributed by atoms with Crippen molar-refractivity contribution in [2.45, 2.75) is 52.4 Å². The van der Waals surface area contributed by atoms with Crippen molar-refractivity contribution in [3.05, 3.63) is 39.9 Å². The molecule has 0 atom stereocenters. The van der Waals surface area contributed by atoms with Crippen LogP contribution in [0.25, 0.3) is 0 Å². The molecule has 0 aromatic heterocycles. The van der Waals surface area contributed by atoms with Crippen LogP contribution in [0, 0.1) is 10.1 Å². The third kappa shape index (κ3) is 7.14. The zero-order valence-corrected chi connectivity index (χ0v) is 17.9. The Hall–Kier alpha value is -1.29. The normalized spacial score (nSPS) is 12.5. The number of nitro benzene ring substituents is 1. The molecule has 0 spiro atoms. The van der Waals surface area contributed by atoms with Gasteiger partial charge in [0, 0.05) is 6.07 Å². The van der Waals surface area contributed by atoms with Crippen LogP contribution in [-0.4, -0.2) is 45.0 Å². The Morgan fingerprint density at radius 1 is 1.15 bits per heavy atom. The molecule has 26 heavy (non-hydrogen) atoms. The number of unbranched alkanes of at least 4 members (excludes halogenated alkanes) is 1. The van der Waals surface area contributed by atoms with Crippen molar-refractivity contribution in [3.63, 3.8) is 0 Å². The number of nitro groups is 1. The second-order valence-corrected chi connectivity index (χ2v) is 13.4. The maximum absolute atomic E-state index is 12.1. The molecule has 0 aliphatic heterocycles. The lowest BCUT2D eigenvalue weighted by molar-refractivity contribution is -0.385. The van der Waals surface area contributed by atoms with Gasteiger partial charge in [0.15, 0.2) is 0 Å². The largest absolute Gasteiger partial charge is 0.324 e. The van der Waals surface area contributed by atoms with E-state index in [4.69, 9.17) is 4.18 Å². The fraction of sp³-hybridized carbons (Fsp3) is 0.647. The van der Waals surface area contributed by atoms with Crippen LogP contribution in [0.3, 0.4) is 0 Å². The minimum Gasteiger partial charge on any atom is -0.324 e. The molecule has 9 heteroatoms. The van der Waals surface area contributed by atoms with Crippen molar-refractivity contribution in [2.75, 3.05) is 18.8 Å². The van der Waals surface area contributed by atoms with E-state index in [1.165, 1.54) is 18.2 Å². The molecule has 0 saturated heterocycles. The molecular formula is C17H30N2O5SSi. The summed E-state index contributed by atoms with van der Waals surface area (Å²) in [5.41, 5.74) is 0.130. The first-order valence-corrected chi connectivity index (χ1v) is 13.7. The SMILES string of the molecule is CCN(CC)[Si](C)(C)CCCCS(=O)(=O)OCc1ccccc1[N+](=O)[O-]. The van der Waals surface area contributed by atoms with E-state index < -0.39 is 23.3 Å². The van der Waals surface area contributed by atoms with E-state index in [0.717, 1.165) is 25.6 Å². The summed E-state index contributed by atoms with van der Waals surface area (Å²) in [6.45, 7) is 10.6. The van der Waals surface area contributed by atoms with E-state index in [1.807, 2.05) is 0 Å². The first-order valence-electron chi connectivity index (χ1n) is 8.97. The Balaban J connectivity index is 2.50. The number of rotatable bonds is 12. The van der Waals surface area contributed by atoms with Crippen molar-refractivity contribution in [1.29, 1.82) is 0 Å². The molecule has 0 fully saturated rings. The molecule has 0 bridgehead atoms. The molecule has 0 N–H and O–H groups in total. The first kappa shape index (κ1) is 22.7. The van der Waals surface area contributed by atoms with Crippen molar-refractivity contribution in [1.82, 2.24) is 4.57 Å². The Kier molecular flexibility index (Phi) is 8.88. The van der Waals surface area contributed by atoms with E-state index in [0.29, 0.717) is 6.42 Å². The van der Waals surface area contributed by atoms with Crippen molar-refractivity contribution in [3.8, 4) is 0 Å². The Labute approximate surface area is 157 Å². The Morgan fingerprint density at radius 2 is 1.77 bits per heavy atom. The van der Waals surface area contributed by atoms with E-state index >= 15 is 0 Å². The van der Waals surface area contributed by atoms with Crippen LogP contribution < -0.4 is 0 Å². The lowest BCUT2D eigenvalue weighted by Gasteiger charge is -2.35. The predicted molar refractivity (Wildman–Crippen MR) is 106 cm³/mol. The standard InChI is InChI=1S/C17H30N2O5SSi/c1-5-18(6-2)26(3,4)14-10-9-13-25(22,23)24-15-16-11-7-8-12-17(16)19(20)21/h7-8,11-12H,5-6,9-10,13-15H2,1-4H3. The summed E-state index contributed by atoms with van der Waals surface area (Å²) in [7, 11) is -5.19. The van der Waals surface area contributed by atoms with Crippen molar-refractivity contribution < 1.29 is 17.5 Å². The molecule has 1 aromatic rings. The quantitative estimate of drug-likeness (QED) is 0.174. The van der Waals surface area contributed by atoms with Gasteiger partial charge >= 0.3 is 0 Å². The van der Waals surface area contributed by atoms with Gasteiger partial charge in [-0.25, -0.2) is 0 Å². The van der Waals surface area contributed by atoms with E-state index in [2.05, 4.69) is 31.5 Å². The fourth-order valence-corrected chi connectivity index (χ4v) is 7.22. The third-order valence-electron chi connectivity index (χ3n) is 4.63. The molecule has 1 rings (SSSR count). The summed E-state index contributed by atoms with van der Waals surface area (Å²) in [5, 5.41) is 11.0. The van der Waals surface area contributed by atoms with Gasteiger partial charge in [-0.05, 0) is 31.6 Å². The summed E-state index contributed by atoms with van der Waals surface area (Å²) in [4.78, 5) is 10.4. The average molecular weight is 403 g/mol. The Morgan fingerprint density at radius 3 is 2.35 bits per heavy atom. The van der Waals surface area contributed by atoms with Crippen molar-refractivity contribution >= 4 is 24.0 Å². The number of nitrogens with zero attached hydrogens (tertiary/aromatic N) is 2. The summed E-state index contributed by atoms with van der Waals surface area (Å²) in [6.07, 6.45) is 1.38. The number of hydrogen-bond donors (Lipinski definition) is 0. The van der Waals surface area contributed by atoms with Crippen LogP contribution in [-0.2, 0) is 20.9 Å². The maximum atomic E-state index is 12.1.